The summed E-state index contributed by atoms with van der Waals surface area (Å²) in [4.78, 5) is 28.2. The maximum Gasteiger partial charge on any atom is 0.328 e. The monoisotopic (exact) mass is 440 g/mol. The van der Waals surface area contributed by atoms with Crippen molar-refractivity contribution < 1.29 is 14.3 Å². The van der Waals surface area contributed by atoms with Gasteiger partial charge in [-0.2, -0.15) is 0 Å². The number of hydrogen-bond donors (Lipinski definition) is 2. The van der Waals surface area contributed by atoms with Crippen LogP contribution in [0.25, 0.3) is 10.9 Å². The van der Waals surface area contributed by atoms with E-state index in [1.165, 1.54) is 7.11 Å². The normalized spacial score (nSPS) is 19.2. The predicted molar refractivity (Wildman–Crippen MR) is 111 cm³/mol. The van der Waals surface area contributed by atoms with Crippen LogP contribution in [0.3, 0.4) is 0 Å². The Morgan fingerprint density at radius 1 is 1.21 bits per heavy atom. The maximum atomic E-state index is 12.7. The predicted octanol–water partition coefficient (Wildman–Crippen LogP) is 3.93. The Labute approximate surface area is 171 Å². The van der Waals surface area contributed by atoms with E-state index < -0.39 is 12.0 Å². The molecule has 1 aliphatic carbocycles. The van der Waals surface area contributed by atoms with Crippen molar-refractivity contribution >= 4 is 38.7 Å². The molecule has 1 fully saturated rings. The molecule has 0 saturated heterocycles. The number of ether oxygens (including phenoxy) is 1. The fourth-order valence-electron chi connectivity index (χ4n) is 3.70. The van der Waals surface area contributed by atoms with Crippen LogP contribution >= 0.6 is 15.9 Å². The molecule has 1 heterocycles. The summed E-state index contributed by atoms with van der Waals surface area (Å²) in [5.41, 5.74) is 3.13. The molecule has 1 aliphatic rings. The number of fused-ring (bicyclic) bond motifs is 1. The van der Waals surface area contributed by atoms with Crippen LogP contribution in [0, 0.1) is 5.92 Å². The Balaban J connectivity index is 1.46. The third kappa shape index (κ3) is 3.83. The molecule has 5 nitrogen and oxygen atoms in total. The first-order chi connectivity index (χ1) is 13.6. The number of para-hydroxylation sites is 1. The molecular formula is C22H21BrN2O3. The fraction of sp³-hybridized carbons (Fsp3) is 0.273. The number of benzene rings is 2. The van der Waals surface area contributed by atoms with E-state index in [1.807, 2.05) is 54.7 Å². The molecule has 1 saturated carbocycles. The number of aromatic amines is 1. The van der Waals surface area contributed by atoms with Gasteiger partial charge >= 0.3 is 5.97 Å². The van der Waals surface area contributed by atoms with Crippen molar-refractivity contribution in [2.75, 3.05) is 7.11 Å². The van der Waals surface area contributed by atoms with Crippen molar-refractivity contribution in [1.29, 1.82) is 0 Å². The first-order valence-corrected chi connectivity index (χ1v) is 10.0. The molecule has 3 aromatic rings. The lowest BCUT2D eigenvalue weighted by molar-refractivity contribution is -0.145. The molecular weight excluding hydrogens is 420 g/mol. The number of carbonyl (C=O) groups is 2. The molecule has 4 rings (SSSR count). The summed E-state index contributed by atoms with van der Waals surface area (Å²) in [6.07, 6.45) is 3.07. The first-order valence-electron chi connectivity index (χ1n) is 9.25. The van der Waals surface area contributed by atoms with E-state index in [1.54, 1.807) is 0 Å². The topological polar surface area (TPSA) is 71.2 Å². The number of carbonyl (C=O) groups excluding carboxylic acids is 2. The minimum atomic E-state index is -0.706. The molecule has 2 N–H and O–H groups in total. The molecule has 144 valence electrons. The highest BCUT2D eigenvalue weighted by Gasteiger charge is 2.44. The van der Waals surface area contributed by atoms with Crippen LogP contribution in [0.1, 0.15) is 23.5 Å². The van der Waals surface area contributed by atoms with E-state index in [2.05, 4.69) is 26.2 Å². The average molecular weight is 441 g/mol. The number of amides is 1. The lowest BCUT2D eigenvalue weighted by Gasteiger charge is -2.16. The summed E-state index contributed by atoms with van der Waals surface area (Å²) in [5, 5.41) is 3.95. The summed E-state index contributed by atoms with van der Waals surface area (Å²) < 4.78 is 5.95. The van der Waals surface area contributed by atoms with Crippen LogP contribution in [0.2, 0.25) is 0 Å². The maximum absolute atomic E-state index is 12.7. The largest absolute Gasteiger partial charge is 0.467 e. The number of esters is 1. The molecule has 6 heteroatoms. The zero-order valence-corrected chi connectivity index (χ0v) is 17.0. The van der Waals surface area contributed by atoms with Gasteiger partial charge in [-0.05, 0) is 41.7 Å². The third-order valence-corrected chi connectivity index (χ3v) is 5.86. The van der Waals surface area contributed by atoms with Crippen molar-refractivity contribution in [3.05, 3.63) is 70.3 Å². The summed E-state index contributed by atoms with van der Waals surface area (Å²) in [6.45, 7) is 0. The van der Waals surface area contributed by atoms with Crippen molar-refractivity contribution in [3.63, 3.8) is 0 Å². The van der Waals surface area contributed by atoms with Crippen LogP contribution < -0.4 is 5.32 Å². The molecule has 0 bridgehead atoms. The highest BCUT2D eigenvalue weighted by Crippen LogP contribution is 2.47. The van der Waals surface area contributed by atoms with Gasteiger partial charge < -0.3 is 15.0 Å². The van der Waals surface area contributed by atoms with Crippen molar-refractivity contribution in [1.82, 2.24) is 10.3 Å². The van der Waals surface area contributed by atoms with E-state index in [4.69, 9.17) is 4.74 Å². The number of halogens is 1. The second-order valence-electron chi connectivity index (χ2n) is 7.15. The third-order valence-electron chi connectivity index (χ3n) is 5.33. The van der Waals surface area contributed by atoms with Gasteiger partial charge in [0.05, 0.1) is 7.11 Å². The molecule has 0 spiro atoms. The van der Waals surface area contributed by atoms with Gasteiger partial charge in [-0.1, -0.05) is 46.3 Å². The lowest BCUT2D eigenvalue weighted by atomic mass is 10.0. The van der Waals surface area contributed by atoms with Crippen LogP contribution in [-0.2, 0) is 20.7 Å². The second-order valence-corrected chi connectivity index (χ2v) is 8.06. The molecule has 0 radical (unpaired) electrons. The Kier molecular flexibility index (Phi) is 5.22. The van der Waals surface area contributed by atoms with Gasteiger partial charge in [-0.3, -0.25) is 4.79 Å². The zero-order valence-electron chi connectivity index (χ0n) is 15.4. The zero-order chi connectivity index (χ0) is 19.7. The minimum Gasteiger partial charge on any atom is -0.467 e. The van der Waals surface area contributed by atoms with Crippen LogP contribution in [-0.4, -0.2) is 30.0 Å². The molecule has 3 atom stereocenters. The molecule has 28 heavy (non-hydrogen) atoms. The molecule has 2 aromatic carbocycles. The highest BCUT2D eigenvalue weighted by atomic mass is 79.9. The van der Waals surface area contributed by atoms with Gasteiger partial charge in [0.1, 0.15) is 6.04 Å². The van der Waals surface area contributed by atoms with E-state index in [0.717, 1.165) is 32.9 Å². The summed E-state index contributed by atoms with van der Waals surface area (Å²) in [5.74, 6) is -0.418. The lowest BCUT2D eigenvalue weighted by Crippen LogP contribution is -2.43. The van der Waals surface area contributed by atoms with E-state index in [9.17, 15) is 9.59 Å². The average Bonchev–Trinajstić information content (AvgIpc) is 3.42. The Morgan fingerprint density at radius 2 is 1.96 bits per heavy atom. The highest BCUT2D eigenvalue weighted by molar-refractivity contribution is 9.10. The van der Waals surface area contributed by atoms with Gasteiger partial charge in [0, 0.05) is 33.9 Å². The van der Waals surface area contributed by atoms with Crippen molar-refractivity contribution in [3.8, 4) is 0 Å². The smallest absolute Gasteiger partial charge is 0.328 e. The Bertz CT molecular complexity index is 1010. The summed E-state index contributed by atoms with van der Waals surface area (Å²) in [7, 11) is 1.35. The summed E-state index contributed by atoms with van der Waals surface area (Å²) in [6, 6.07) is 15.2. The Hall–Kier alpha value is -2.60. The molecule has 2 unspecified atom stereocenters. The standard InChI is InChI=1S/C22H21BrN2O3/c1-28-22(27)20(10-14-12-24-19-5-3-2-4-16(14)19)25-21(26)18-11-17(18)13-6-8-15(23)9-7-13/h2-9,12,17-18,20,24H,10-11H2,1H3,(H,25,26)/t17?,18?,20-/m1/s1. The van der Waals surface area contributed by atoms with Gasteiger partial charge in [-0.15, -0.1) is 0 Å². The van der Waals surface area contributed by atoms with Crippen LogP contribution in [0.5, 0.6) is 0 Å². The SMILES string of the molecule is COC(=O)[C@@H](Cc1c[nH]c2ccccc12)NC(=O)C1CC1c1ccc(Br)cc1. The van der Waals surface area contributed by atoms with Crippen molar-refractivity contribution in [2.24, 2.45) is 5.92 Å². The van der Waals surface area contributed by atoms with E-state index in [-0.39, 0.29) is 17.7 Å². The van der Waals surface area contributed by atoms with Gasteiger partial charge in [0.2, 0.25) is 5.91 Å². The van der Waals surface area contributed by atoms with Crippen LogP contribution in [0.4, 0.5) is 0 Å². The number of hydrogen-bond acceptors (Lipinski definition) is 3. The molecule has 0 aliphatic heterocycles. The molecule has 1 amide bonds. The van der Waals surface area contributed by atoms with Gasteiger partial charge in [0.25, 0.3) is 0 Å². The number of rotatable bonds is 6. The number of H-pyrrole nitrogens is 1. The van der Waals surface area contributed by atoms with E-state index >= 15 is 0 Å². The minimum absolute atomic E-state index is 0.0943. The number of methoxy groups -OCH3 is 1. The fourth-order valence-corrected chi connectivity index (χ4v) is 3.96. The van der Waals surface area contributed by atoms with E-state index in [0.29, 0.717) is 6.42 Å². The second kappa shape index (κ2) is 7.80. The quantitative estimate of drug-likeness (QED) is 0.570. The molecule has 1 aromatic heterocycles. The van der Waals surface area contributed by atoms with Crippen molar-refractivity contribution in [2.45, 2.75) is 24.8 Å². The van der Waals surface area contributed by atoms with Gasteiger partial charge in [-0.25, -0.2) is 4.79 Å². The Morgan fingerprint density at radius 3 is 2.71 bits per heavy atom. The van der Waals surface area contributed by atoms with Gasteiger partial charge in [0.15, 0.2) is 0 Å². The summed E-state index contributed by atoms with van der Waals surface area (Å²) >= 11 is 3.43. The number of nitrogens with one attached hydrogen (secondary N) is 2. The first kappa shape index (κ1) is 18.7. The number of aromatic nitrogens is 1. The van der Waals surface area contributed by atoms with Crippen LogP contribution in [0.15, 0.2) is 59.2 Å².